The topological polar surface area (TPSA) is 33.1 Å². The molecule has 0 atom stereocenters. The zero-order valence-electron chi connectivity index (χ0n) is 5.79. The maximum atomic E-state index is 6.65. The first-order valence-corrected chi connectivity index (χ1v) is 3.05. The summed E-state index contributed by atoms with van der Waals surface area (Å²) in [5.74, 6) is 0.709. The number of nitrogens with one attached hydrogen (secondary N) is 1. The molecule has 0 aliphatic heterocycles. The van der Waals surface area contributed by atoms with Gasteiger partial charge in [0.05, 0.1) is 0 Å². The van der Waals surface area contributed by atoms with Crippen molar-refractivity contribution in [1.82, 2.24) is 0 Å². The molecule has 0 aliphatic carbocycles. The van der Waals surface area contributed by atoms with Crippen LogP contribution in [0.1, 0.15) is 5.56 Å². The summed E-state index contributed by atoms with van der Waals surface area (Å²) >= 11 is 0. The van der Waals surface area contributed by atoms with E-state index in [0.29, 0.717) is 5.75 Å². The van der Waals surface area contributed by atoms with E-state index in [0.717, 1.165) is 6.40 Å². The van der Waals surface area contributed by atoms with Crippen LogP contribution in [0.4, 0.5) is 0 Å². The first kappa shape index (κ1) is 6.81. The second kappa shape index (κ2) is 3.01. The molecule has 0 aromatic heterocycles. The summed E-state index contributed by atoms with van der Waals surface area (Å²) in [5.41, 5.74) is 1.19. The predicted molar refractivity (Wildman–Crippen MR) is 40.6 cm³/mol. The predicted octanol–water partition coefficient (Wildman–Crippen LogP) is 1.98. The fourth-order valence-corrected chi connectivity index (χ4v) is 0.685. The minimum absolute atomic E-state index is 0.709. The molecule has 52 valence electrons. The van der Waals surface area contributed by atoms with E-state index in [4.69, 9.17) is 10.1 Å². The third-order valence-electron chi connectivity index (χ3n) is 1.22. The second-order valence-corrected chi connectivity index (χ2v) is 2.05. The number of hydrogen-bond donors (Lipinski definition) is 1. The maximum absolute atomic E-state index is 6.65. The highest BCUT2D eigenvalue weighted by Gasteiger charge is 1.87. The van der Waals surface area contributed by atoms with Crippen molar-refractivity contribution in [2.24, 2.45) is 0 Å². The molecule has 0 heterocycles. The lowest BCUT2D eigenvalue weighted by Crippen LogP contribution is -1.86. The number of aryl methyl sites for hydroxylation is 1. The van der Waals surface area contributed by atoms with Crippen LogP contribution in [-0.4, -0.2) is 6.40 Å². The number of benzene rings is 1. The van der Waals surface area contributed by atoms with Gasteiger partial charge in [0, 0.05) is 0 Å². The van der Waals surface area contributed by atoms with Crippen LogP contribution in [0.3, 0.4) is 0 Å². The van der Waals surface area contributed by atoms with Gasteiger partial charge in [-0.15, -0.1) is 0 Å². The van der Waals surface area contributed by atoms with Crippen LogP contribution in [0.25, 0.3) is 0 Å². The molecule has 10 heavy (non-hydrogen) atoms. The van der Waals surface area contributed by atoms with Crippen LogP contribution in [0, 0.1) is 12.3 Å². The average molecular weight is 135 g/mol. The number of ether oxygens (including phenoxy) is 1. The molecule has 1 aromatic carbocycles. The third kappa shape index (κ3) is 1.58. The van der Waals surface area contributed by atoms with Crippen molar-refractivity contribution in [3.63, 3.8) is 0 Å². The van der Waals surface area contributed by atoms with Crippen LogP contribution in [0.2, 0.25) is 0 Å². The van der Waals surface area contributed by atoms with Gasteiger partial charge in [-0.1, -0.05) is 17.7 Å². The molecular formula is C8H9NO. The quantitative estimate of drug-likeness (QED) is 0.488. The highest BCUT2D eigenvalue weighted by molar-refractivity contribution is 5.48. The Kier molecular flexibility index (Phi) is 2.05. The zero-order chi connectivity index (χ0) is 7.40. The highest BCUT2D eigenvalue weighted by atomic mass is 16.5. The fraction of sp³-hybridized carbons (Fsp3) is 0.125. The molecule has 0 saturated carbocycles. The minimum atomic E-state index is 0.709. The molecule has 0 aliphatic rings. The largest absolute Gasteiger partial charge is 0.446 e. The van der Waals surface area contributed by atoms with Crippen molar-refractivity contribution < 1.29 is 4.74 Å². The first-order chi connectivity index (χ1) is 4.83. The van der Waals surface area contributed by atoms with Crippen molar-refractivity contribution in [2.45, 2.75) is 6.92 Å². The van der Waals surface area contributed by atoms with Gasteiger partial charge in [-0.25, -0.2) is 0 Å². The Bertz CT molecular complexity index is 215. The Morgan fingerprint density at radius 3 is 2.40 bits per heavy atom. The van der Waals surface area contributed by atoms with E-state index in [1.54, 1.807) is 0 Å². The van der Waals surface area contributed by atoms with Gasteiger partial charge in [-0.3, -0.25) is 5.41 Å². The fourth-order valence-electron chi connectivity index (χ4n) is 0.685. The summed E-state index contributed by atoms with van der Waals surface area (Å²) in [6.07, 6.45) is 0.921. The van der Waals surface area contributed by atoms with E-state index in [9.17, 15) is 0 Å². The molecule has 0 amide bonds. The number of rotatable bonds is 2. The Balaban J connectivity index is 2.78. The molecule has 0 spiro atoms. The smallest absolute Gasteiger partial charge is 0.173 e. The number of hydrogen-bond acceptors (Lipinski definition) is 2. The summed E-state index contributed by atoms with van der Waals surface area (Å²) < 4.78 is 4.80. The minimum Gasteiger partial charge on any atom is -0.446 e. The summed E-state index contributed by atoms with van der Waals surface area (Å²) in [4.78, 5) is 0. The molecule has 0 unspecified atom stereocenters. The Morgan fingerprint density at radius 1 is 1.30 bits per heavy atom. The van der Waals surface area contributed by atoms with Crippen molar-refractivity contribution in [1.29, 1.82) is 5.41 Å². The van der Waals surface area contributed by atoms with E-state index in [1.165, 1.54) is 5.56 Å². The summed E-state index contributed by atoms with van der Waals surface area (Å²) in [7, 11) is 0. The van der Waals surface area contributed by atoms with Crippen LogP contribution in [-0.2, 0) is 0 Å². The summed E-state index contributed by atoms with van der Waals surface area (Å²) in [6.45, 7) is 2.01. The summed E-state index contributed by atoms with van der Waals surface area (Å²) in [5, 5.41) is 6.65. The molecule has 1 rings (SSSR count). The van der Waals surface area contributed by atoms with Gasteiger partial charge in [-0.2, -0.15) is 0 Å². The standard InChI is InChI=1S/C8H9NO/c1-7-2-4-8(5-3-7)10-6-9/h2-6,9H,1H3. The Labute approximate surface area is 60.0 Å². The van der Waals surface area contributed by atoms with Crippen LogP contribution >= 0.6 is 0 Å². The molecule has 0 fully saturated rings. The molecule has 2 heteroatoms. The lowest BCUT2D eigenvalue weighted by Gasteiger charge is -1.96. The van der Waals surface area contributed by atoms with Crippen molar-refractivity contribution in [3.05, 3.63) is 29.8 Å². The summed E-state index contributed by atoms with van der Waals surface area (Å²) in [6, 6.07) is 7.55. The Morgan fingerprint density at radius 2 is 1.90 bits per heavy atom. The van der Waals surface area contributed by atoms with Crippen LogP contribution in [0.5, 0.6) is 5.75 Å². The SMILES string of the molecule is Cc1ccc(OC=N)cc1. The van der Waals surface area contributed by atoms with E-state index < -0.39 is 0 Å². The van der Waals surface area contributed by atoms with Crippen LogP contribution < -0.4 is 4.74 Å². The normalized spacial score (nSPS) is 8.90. The lowest BCUT2D eigenvalue weighted by atomic mass is 10.2. The van der Waals surface area contributed by atoms with Gasteiger partial charge in [-0.05, 0) is 19.1 Å². The molecule has 2 nitrogen and oxygen atoms in total. The molecular weight excluding hydrogens is 126 g/mol. The molecule has 0 saturated heterocycles. The average Bonchev–Trinajstić information content (AvgIpc) is 1.95. The van der Waals surface area contributed by atoms with Gasteiger partial charge < -0.3 is 4.74 Å². The van der Waals surface area contributed by atoms with Gasteiger partial charge in [0.2, 0.25) is 0 Å². The van der Waals surface area contributed by atoms with Gasteiger partial charge >= 0.3 is 0 Å². The van der Waals surface area contributed by atoms with Crippen molar-refractivity contribution >= 4 is 6.40 Å². The third-order valence-corrected chi connectivity index (χ3v) is 1.22. The first-order valence-electron chi connectivity index (χ1n) is 3.05. The Hall–Kier alpha value is -1.31. The monoisotopic (exact) mass is 135 g/mol. The van der Waals surface area contributed by atoms with E-state index >= 15 is 0 Å². The van der Waals surface area contributed by atoms with E-state index in [2.05, 4.69) is 0 Å². The highest BCUT2D eigenvalue weighted by Crippen LogP contribution is 2.09. The molecule has 0 bridgehead atoms. The van der Waals surface area contributed by atoms with Gasteiger partial charge in [0.15, 0.2) is 6.40 Å². The maximum Gasteiger partial charge on any atom is 0.173 e. The van der Waals surface area contributed by atoms with Crippen LogP contribution in [0.15, 0.2) is 24.3 Å². The molecule has 1 aromatic rings. The molecule has 0 radical (unpaired) electrons. The lowest BCUT2D eigenvalue weighted by molar-refractivity contribution is 0.570. The second-order valence-electron chi connectivity index (χ2n) is 2.05. The van der Waals surface area contributed by atoms with Crippen molar-refractivity contribution in [3.8, 4) is 5.75 Å². The van der Waals surface area contributed by atoms with Gasteiger partial charge in [0.25, 0.3) is 0 Å². The molecule has 1 N–H and O–H groups in total. The van der Waals surface area contributed by atoms with E-state index in [1.807, 2.05) is 31.2 Å². The zero-order valence-corrected chi connectivity index (χ0v) is 5.79. The van der Waals surface area contributed by atoms with Crippen molar-refractivity contribution in [2.75, 3.05) is 0 Å². The van der Waals surface area contributed by atoms with Gasteiger partial charge in [0.1, 0.15) is 5.75 Å². The van der Waals surface area contributed by atoms with E-state index in [-0.39, 0.29) is 0 Å².